The maximum Gasteiger partial charge on any atom is 0.300 e. The second kappa shape index (κ2) is 7.29. The van der Waals surface area contributed by atoms with E-state index in [-0.39, 0.29) is 16.9 Å². The molecule has 1 aliphatic heterocycles. The van der Waals surface area contributed by atoms with Gasteiger partial charge in [0.2, 0.25) is 0 Å². The zero-order valence-electron chi connectivity index (χ0n) is 15.8. The molecule has 0 saturated carbocycles. The average molecular weight is 407 g/mol. The highest BCUT2D eigenvalue weighted by Crippen LogP contribution is 2.43. The third-order valence-corrected chi connectivity index (χ3v) is 5.78. The van der Waals surface area contributed by atoms with E-state index in [1.54, 1.807) is 0 Å². The number of aliphatic hydroxyl groups is 1. The lowest BCUT2D eigenvalue weighted by Crippen LogP contribution is -2.29. The maximum atomic E-state index is 13.3. The lowest BCUT2D eigenvalue weighted by molar-refractivity contribution is -0.132. The first-order valence-electron chi connectivity index (χ1n) is 9.05. The highest BCUT2D eigenvalue weighted by Gasteiger charge is 2.47. The quantitative estimate of drug-likeness (QED) is 0.372. The summed E-state index contributed by atoms with van der Waals surface area (Å²) in [5.74, 6) is -2.22. The summed E-state index contributed by atoms with van der Waals surface area (Å²) in [6.07, 6.45) is 0. The molecule has 6 heteroatoms. The monoisotopic (exact) mass is 407 g/mol. The fourth-order valence-electron chi connectivity index (χ4n) is 3.67. The topological polar surface area (TPSA) is 57.6 Å². The Kier molecular flexibility index (Phi) is 4.80. The summed E-state index contributed by atoms with van der Waals surface area (Å²) in [6, 6.07) is 13.8. The molecule has 2 aromatic carbocycles. The highest BCUT2D eigenvalue weighted by molar-refractivity contribution is 7.10. The van der Waals surface area contributed by atoms with Crippen molar-refractivity contribution in [1.29, 1.82) is 0 Å². The predicted octanol–water partition coefficient (Wildman–Crippen LogP) is 5.13. The summed E-state index contributed by atoms with van der Waals surface area (Å²) >= 11 is 1.40. The Balaban J connectivity index is 1.94. The van der Waals surface area contributed by atoms with Crippen LogP contribution in [0, 0.1) is 19.7 Å². The van der Waals surface area contributed by atoms with E-state index in [1.807, 2.05) is 49.6 Å². The number of benzene rings is 2. The van der Waals surface area contributed by atoms with Crippen molar-refractivity contribution in [1.82, 2.24) is 0 Å². The number of rotatable bonds is 3. The lowest BCUT2D eigenvalue weighted by Gasteiger charge is -2.25. The predicted molar refractivity (Wildman–Crippen MR) is 111 cm³/mol. The van der Waals surface area contributed by atoms with Crippen molar-refractivity contribution in [3.8, 4) is 0 Å². The van der Waals surface area contributed by atoms with Gasteiger partial charge in [-0.3, -0.25) is 14.5 Å². The molecule has 1 aliphatic rings. The number of aryl methyl sites for hydroxylation is 2. The molecule has 0 spiro atoms. The number of thiophene rings is 1. The molecule has 1 N–H and O–H groups in total. The van der Waals surface area contributed by atoms with Gasteiger partial charge in [0.1, 0.15) is 17.6 Å². The van der Waals surface area contributed by atoms with E-state index in [0.29, 0.717) is 5.69 Å². The van der Waals surface area contributed by atoms with E-state index in [2.05, 4.69) is 0 Å². The van der Waals surface area contributed by atoms with Crippen molar-refractivity contribution in [2.75, 3.05) is 4.90 Å². The molecule has 2 heterocycles. The van der Waals surface area contributed by atoms with Crippen LogP contribution in [0.15, 0.2) is 65.6 Å². The summed E-state index contributed by atoms with van der Waals surface area (Å²) < 4.78 is 13.3. The molecule has 0 bridgehead atoms. The Bertz CT molecular complexity index is 1110. The van der Waals surface area contributed by atoms with Gasteiger partial charge in [-0.1, -0.05) is 12.1 Å². The average Bonchev–Trinajstić information content (AvgIpc) is 3.28. The zero-order valence-corrected chi connectivity index (χ0v) is 16.7. The van der Waals surface area contributed by atoms with Crippen molar-refractivity contribution in [2.45, 2.75) is 19.9 Å². The van der Waals surface area contributed by atoms with Crippen LogP contribution in [0.1, 0.15) is 27.6 Å². The fourth-order valence-corrected chi connectivity index (χ4v) is 4.49. The van der Waals surface area contributed by atoms with Crippen molar-refractivity contribution in [3.63, 3.8) is 0 Å². The van der Waals surface area contributed by atoms with Gasteiger partial charge in [0.15, 0.2) is 0 Å². The van der Waals surface area contributed by atoms with E-state index in [4.69, 9.17) is 0 Å². The number of aliphatic hydroxyl groups excluding tert-OH is 1. The third-order valence-electron chi connectivity index (χ3n) is 4.86. The molecule has 4 rings (SSSR count). The van der Waals surface area contributed by atoms with Gasteiger partial charge in [-0.15, -0.1) is 11.3 Å². The normalized spacial score (nSPS) is 18.4. The minimum Gasteiger partial charge on any atom is -0.507 e. The second-order valence-corrected chi connectivity index (χ2v) is 8.02. The van der Waals surface area contributed by atoms with Crippen LogP contribution < -0.4 is 4.90 Å². The molecule has 3 aromatic rings. The summed E-state index contributed by atoms with van der Waals surface area (Å²) in [7, 11) is 0. The molecule has 1 fully saturated rings. The van der Waals surface area contributed by atoms with E-state index in [0.717, 1.165) is 16.0 Å². The number of ketones is 1. The number of hydrogen-bond acceptors (Lipinski definition) is 4. The summed E-state index contributed by atoms with van der Waals surface area (Å²) in [4.78, 5) is 28.2. The molecular formula is C23H18FNO3S. The minimum atomic E-state index is -0.760. The van der Waals surface area contributed by atoms with Gasteiger partial charge in [0.25, 0.3) is 11.7 Å². The summed E-state index contributed by atoms with van der Waals surface area (Å²) in [5, 5.41) is 12.8. The molecule has 1 unspecified atom stereocenters. The number of carbonyl (C=O) groups is 2. The first-order chi connectivity index (χ1) is 13.9. The third kappa shape index (κ3) is 3.36. The first kappa shape index (κ1) is 19.1. The van der Waals surface area contributed by atoms with Crippen LogP contribution >= 0.6 is 11.3 Å². The van der Waals surface area contributed by atoms with Gasteiger partial charge < -0.3 is 5.11 Å². The van der Waals surface area contributed by atoms with Gasteiger partial charge in [-0.05, 0) is 72.8 Å². The van der Waals surface area contributed by atoms with Crippen molar-refractivity contribution in [3.05, 3.63) is 92.9 Å². The van der Waals surface area contributed by atoms with Crippen LogP contribution in [0.25, 0.3) is 5.76 Å². The van der Waals surface area contributed by atoms with Crippen LogP contribution in [-0.2, 0) is 9.59 Å². The molecule has 1 saturated heterocycles. The SMILES string of the molecule is Cc1cc(C)cc(N2C(=O)C(=O)/C(=C(\O)c3ccc(F)cc3)C2c2cccs2)c1. The Morgan fingerprint density at radius 2 is 1.69 bits per heavy atom. The van der Waals surface area contributed by atoms with Gasteiger partial charge in [0, 0.05) is 16.1 Å². The van der Waals surface area contributed by atoms with Crippen molar-refractivity contribution >= 4 is 34.5 Å². The van der Waals surface area contributed by atoms with Gasteiger partial charge in [0.05, 0.1) is 5.57 Å². The van der Waals surface area contributed by atoms with E-state index >= 15 is 0 Å². The Morgan fingerprint density at radius 3 is 2.28 bits per heavy atom. The second-order valence-electron chi connectivity index (χ2n) is 7.04. The molecule has 4 nitrogen and oxygen atoms in total. The molecule has 0 aliphatic carbocycles. The van der Waals surface area contributed by atoms with Crippen LogP contribution in [0.5, 0.6) is 0 Å². The van der Waals surface area contributed by atoms with E-state index in [9.17, 15) is 19.1 Å². The lowest BCUT2D eigenvalue weighted by atomic mass is 9.99. The van der Waals surface area contributed by atoms with E-state index in [1.165, 1.54) is 40.5 Å². The first-order valence-corrected chi connectivity index (χ1v) is 9.93. The molecule has 0 radical (unpaired) electrons. The van der Waals surface area contributed by atoms with Gasteiger partial charge in [-0.2, -0.15) is 0 Å². The van der Waals surface area contributed by atoms with Gasteiger partial charge >= 0.3 is 0 Å². The molecule has 146 valence electrons. The van der Waals surface area contributed by atoms with Crippen LogP contribution in [0.2, 0.25) is 0 Å². The Hall–Kier alpha value is -3.25. The number of hydrogen-bond donors (Lipinski definition) is 1. The molecule has 1 amide bonds. The van der Waals surface area contributed by atoms with Crippen LogP contribution in [0.3, 0.4) is 0 Å². The number of halogens is 1. The Morgan fingerprint density at radius 1 is 1.03 bits per heavy atom. The Labute approximate surface area is 171 Å². The van der Waals surface area contributed by atoms with Crippen LogP contribution in [0.4, 0.5) is 10.1 Å². The maximum absolute atomic E-state index is 13.3. The standard InChI is InChI=1S/C23H18FNO3S/c1-13-10-14(2)12-17(11-13)25-20(18-4-3-9-29-18)19(22(27)23(25)28)21(26)15-5-7-16(24)8-6-15/h3-12,20,26H,1-2H3/b21-19-. The molecular weight excluding hydrogens is 389 g/mol. The molecule has 29 heavy (non-hydrogen) atoms. The van der Waals surface area contributed by atoms with E-state index < -0.39 is 23.5 Å². The summed E-state index contributed by atoms with van der Waals surface area (Å²) in [5.41, 5.74) is 2.81. The number of carbonyl (C=O) groups excluding carboxylic acids is 2. The number of nitrogens with zero attached hydrogens (tertiary/aromatic N) is 1. The number of Topliss-reactive ketones (excluding diaryl/α,β-unsaturated/α-hetero) is 1. The fraction of sp³-hybridized carbons (Fsp3) is 0.130. The van der Waals surface area contributed by atoms with Gasteiger partial charge in [-0.25, -0.2) is 4.39 Å². The number of amides is 1. The minimum absolute atomic E-state index is 0.00298. The van der Waals surface area contributed by atoms with Crippen LogP contribution in [-0.4, -0.2) is 16.8 Å². The molecule has 1 atom stereocenters. The van der Waals surface area contributed by atoms with Crippen molar-refractivity contribution in [2.24, 2.45) is 0 Å². The largest absolute Gasteiger partial charge is 0.507 e. The van der Waals surface area contributed by atoms with Crippen molar-refractivity contribution < 1.29 is 19.1 Å². The smallest absolute Gasteiger partial charge is 0.300 e. The molecule has 1 aromatic heterocycles. The summed E-state index contributed by atoms with van der Waals surface area (Å²) in [6.45, 7) is 3.84. The highest BCUT2D eigenvalue weighted by atomic mass is 32.1. The number of anilines is 1. The zero-order chi connectivity index (χ0) is 20.7.